The molecular weight excluding hydrogens is 306 g/mol. The van der Waals surface area contributed by atoms with Gasteiger partial charge in [0.2, 0.25) is 5.91 Å². The molecule has 24 heavy (non-hydrogen) atoms. The van der Waals surface area contributed by atoms with E-state index >= 15 is 0 Å². The number of carbonyl (C=O) groups is 2. The van der Waals surface area contributed by atoms with Crippen molar-refractivity contribution >= 4 is 17.4 Å². The molecular formula is C19H19NO4. The summed E-state index contributed by atoms with van der Waals surface area (Å²) in [6.07, 6.45) is 0.516. The van der Waals surface area contributed by atoms with Crippen LogP contribution >= 0.6 is 0 Å². The lowest BCUT2D eigenvalue weighted by molar-refractivity contribution is -0.116. The molecule has 1 N–H and O–H groups in total. The lowest BCUT2D eigenvalue weighted by Gasteiger charge is -2.23. The van der Waals surface area contributed by atoms with E-state index in [9.17, 15) is 9.59 Å². The minimum atomic E-state index is -0.154. The standard InChI is InChI=1S/C19H19NO4/c1-23-14-10-15-19(17(11-14)24-2)16(21)8-13(9-18(22)20-15)12-6-4-3-5-7-12/h3-7,10-11,13H,8-9H2,1-2H3,(H,20,22). The van der Waals surface area contributed by atoms with Gasteiger partial charge in [-0.1, -0.05) is 30.3 Å². The predicted molar refractivity (Wildman–Crippen MR) is 90.9 cm³/mol. The second kappa shape index (κ2) is 6.74. The molecule has 5 heteroatoms. The molecule has 0 saturated carbocycles. The Hall–Kier alpha value is -2.82. The van der Waals surface area contributed by atoms with Crippen LogP contribution in [0.15, 0.2) is 42.5 Å². The van der Waals surface area contributed by atoms with E-state index in [-0.39, 0.29) is 30.4 Å². The molecule has 1 amide bonds. The van der Waals surface area contributed by atoms with Crippen LogP contribution in [0.4, 0.5) is 5.69 Å². The predicted octanol–water partition coefficient (Wildman–Crippen LogP) is 3.40. The van der Waals surface area contributed by atoms with E-state index < -0.39 is 0 Å². The molecule has 1 heterocycles. The zero-order valence-corrected chi connectivity index (χ0v) is 13.7. The number of methoxy groups -OCH3 is 2. The Morgan fingerprint density at radius 1 is 1.00 bits per heavy atom. The zero-order valence-electron chi connectivity index (χ0n) is 13.7. The molecule has 5 nitrogen and oxygen atoms in total. The highest BCUT2D eigenvalue weighted by Gasteiger charge is 2.28. The minimum Gasteiger partial charge on any atom is -0.497 e. The van der Waals surface area contributed by atoms with E-state index in [1.165, 1.54) is 14.2 Å². The summed E-state index contributed by atoms with van der Waals surface area (Å²) >= 11 is 0. The molecule has 2 aromatic rings. The molecule has 0 saturated heterocycles. The normalized spacial score (nSPS) is 17.3. The molecule has 2 aromatic carbocycles. The number of fused-ring (bicyclic) bond motifs is 1. The molecule has 1 aliphatic heterocycles. The zero-order chi connectivity index (χ0) is 17.1. The second-order valence-electron chi connectivity index (χ2n) is 5.74. The third-order valence-electron chi connectivity index (χ3n) is 4.22. The van der Waals surface area contributed by atoms with E-state index in [0.717, 1.165) is 5.56 Å². The highest BCUT2D eigenvalue weighted by atomic mass is 16.5. The first-order valence-corrected chi connectivity index (χ1v) is 7.76. The van der Waals surface area contributed by atoms with E-state index in [2.05, 4.69) is 5.32 Å². The van der Waals surface area contributed by atoms with Crippen molar-refractivity contribution in [2.75, 3.05) is 19.5 Å². The van der Waals surface area contributed by atoms with E-state index in [4.69, 9.17) is 9.47 Å². The highest BCUT2D eigenvalue weighted by molar-refractivity contribution is 6.09. The number of ether oxygens (including phenoxy) is 2. The fourth-order valence-corrected chi connectivity index (χ4v) is 3.04. The van der Waals surface area contributed by atoms with Crippen LogP contribution in [-0.4, -0.2) is 25.9 Å². The van der Waals surface area contributed by atoms with Gasteiger partial charge in [-0.05, 0) is 11.5 Å². The SMILES string of the molecule is COc1cc2c(c(OC)c1)C(=O)CC(c1ccccc1)CC(=O)N2. The number of rotatable bonds is 3. The van der Waals surface area contributed by atoms with Gasteiger partial charge in [-0.2, -0.15) is 0 Å². The number of hydrogen-bond donors (Lipinski definition) is 1. The van der Waals surface area contributed by atoms with Gasteiger partial charge in [-0.25, -0.2) is 0 Å². The molecule has 0 fully saturated rings. The molecule has 3 rings (SSSR count). The maximum Gasteiger partial charge on any atom is 0.225 e. The highest BCUT2D eigenvalue weighted by Crippen LogP contribution is 2.37. The lowest BCUT2D eigenvalue weighted by atomic mass is 9.86. The Bertz CT molecular complexity index is 770. The molecule has 0 radical (unpaired) electrons. The lowest BCUT2D eigenvalue weighted by Crippen LogP contribution is -2.23. The van der Waals surface area contributed by atoms with Crippen LogP contribution in [0.25, 0.3) is 0 Å². The van der Waals surface area contributed by atoms with Crippen LogP contribution in [-0.2, 0) is 4.79 Å². The summed E-state index contributed by atoms with van der Waals surface area (Å²) in [7, 11) is 3.02. The number of anilines is 1. The second-order valence-corrected chi connectivity index (χ2v) is 5.74. The third-order valence-corrected chi connectivity index (χ3v) is 4.22. The molecule has 1 aliphatic rings. The summed E-state index contributed by atoms with van der Waals surface area (Å²) in [5, 5.41) is 2.82. The molecule has 0 bridgehead atoms. The number of nitrogens with one attached hydrogen (secondary N) is 1. The van der Waals surface area contributed by atoms with Crippen LogP contribution in [0, 0.1) is 0 Å². The fourth-order valence-electron chi connectivity index (χ4n) is 3.04. The molecule has 0 spiro atoms. The Balaban J connectivity index is 2.04. The van der Waals surface area contributed by atoms with Crippen molar-refractivity contribution < 1.29 is 19.1 Å². The van der Waals surface area contributed by atoms with Crippen LogP contribution < -0.4 is 14.8 Å². The summed E-state index contributed by atoms with van der Waals surface area (Å²) in [5.74, 6) is 0.590. The smallest absolute Gasteiger partial charge is 0.225 e. The van der Waals surface area contributed by atoms with Crippen LogP contribution in [0.3, 0.4) is 0 Å². The first kappa shape index (κ1) is 16.1. The quantitative estimate of drug-likeness (QED) is 0.939. The van der Waals surface area contributed by atoms with Crippen molar-refractivity contribution in [2.24, 2.45) is 0 Å². The first-order valence-electron chi connectivity index (χ1n) is 7.76. The first-order chi connectivity index (χ1) is 11.6. The summed E-state index contributed by atoms with van der Waals surface area (Å²) in [5.41, 5.74) is 1.82. The van der Waals surface area contributed by atoms with Crippen molar-refractivity contribution in [3.8, 4) is 11.5 Å². The van der Waals surface area contributed by atoms with Gasteiger partial charge in [0.05, 0.1) is 25.5 Å². The molecule has 124 valence electrons. The largest absolute Gasteiger partial charge is 0.497 e. The minimum absolute atomic E-state index is 0.0571. The Morgan fingerprint density at radius 2 is 1.75 bits per heavy atom. The topological polar surface area (TPSA) is 64.6 Å². The van der Waals surface area contributed by atoms with Gasteiger partial charge in [-0.3, -0.25) is 9.59 Å². The van der Waals surface area contributed by atoms with Crippen LogP contribution in [0.1, 0.15) is 34.7 Å². The van der Waals surface area contributed by atoms with Crippen LogP contribution in [0.2, 0.25) is 0 Å². The van der Waals surface area contributed by atoms with Crippen molar-refractivity contribution in [1.29, 1.82) is 0 Å². The number of Topliss-reactive ketones (excluding diaryl/α,β-unsaturated/α-hetero) is 1. The Morgan fingerprint density at radius 3 is 2.42 bits per heavy atom. The summed E-state index contributed by atoms with van der Waals surface area (Å²) < 4.78 is 10.6. The van der Waals surface area contributed by atoms with Gasteiger partial charge in [0.25, 0.3) is 0 Å². The molecule has 1 unspecified atom stereocenters. The molecule has 1 atom stereocenters. The maximum atomic E-state index is 12.9. The van der Waals surface area contributed by atoms with Crippen molar-refractivity contribution in [3.05, 3.63) is 53.6 Å². The third kappa shape index (κ3) is 3.11. The number of hydrogen-bond acceptors (Lipinski definition) is 4. The molecule has 0 aromatic heterocycles. The van der Waals surface area contributed by atoms with E-state index in [1.807, 2.05) is 30.3 Å². The molecule has 0 aliphatic carbocycles. The maximum absolute atomic E-state index is 12.9. The van der Waals surface area contributed by atoms with Crippen molar-refractivity contribution in [1.82, 2.24) is 0 Å². The van der Waals surface area contributed by atoms with Gasteiger partial charge in [-0.15, -0.1) is 0 Å². The van der Waals surface area contributed by atoms with Crippen LogP contribution in [0.5, 0.6) is 11.5 Å². The van der Waals surface area contributed by atoms with Gasteiger partial charge in [0, 0.05) is 25.0 Å². The van der Waals surface area contributed by atoms with Crippen molar-refractivity contribution in [3.63, 3.8) is 0 Å². The Kier molecular flexibility index (Phi) is 4.51. The Labute approximate surface area is 140 Å². The summed E-state index contributed by atoms with van der Waals surface area (Å²) in [6.45, 7) is 0. The van der Waals surface area contributed by atoms with Crippen molar-refractivity contribution in [2.45, 2.75) is 18.8 Å². The van der Waals surface area contributed by atoms with Gasteiger partial charge in [0.15, 0.2) is 5.78 Å². The summed E-state index contributed by atoms with van der Waals surface area (Å²) in [4.78, 5) is 25.2. The number of amides is 1. The fraction of sp³-hybridized carbons (Fsp3) is 0.263. The average Bonchev–Trinajstić information content (AvgIpc) is 2.59. The van der Waals surface area contributed by atoms with E-state index in [0.29, 0.717) is 22.7 Å². The van der Waals surface area contributed by atoms with Gasteiger partial charge in [0.1, 0.15) is 11.5 Å². The van der Waals surface area contributed by atoms with E-state index in [1.54, 1.807) is 12.1 Å². The number of ketones is 1. The summed E-state index contributed by atoms with van der Waals surface area (Å²) in [6, 6.07) is 12.9. The van der Waals surface area contributed by atoms with Gasteiger partial charge < -0.3 is 14.8 Å². The number of carbonyl (C=O) groups excluding carboxylic acids is 2. The monoisotopic (exact) mass is 325 g/mol. The average molecular weight is 325 g/mol. The number of benzene rings is 2. The van der Waals surface area contributed by atoms with Gasteiger partial charge >= 0.3 is 0 Å².